The lowest BCUT2D eigenvalue weighted by Crippen LogP contribution is -2.52. The van der Waals surface area contributed by atoms with Gasteiger partial charge in [0.25, 0.3) is 0 Å². The topological polar surface area (TPSA) is 218 Å². The summed E-state index contributed by atoms with van der Waals surface area (Å²) in [4.78, 5) is 54.5. The van der Waals surface area contributed by atoms with Gasteiger partial charge in [-0.3, -0.25) is 38.8 Å². The fraction of sp³-hybridized carbons (Fsp3) is 0.714. The molecule has 18 nitrogen and oxygen atoms in total. The molecule has 1 saturated heterocycles. The van der Waals surface area contributed by atoms with E-state index in [4.69, 9.17) is 28.4 Å². The van der Waals surface area contributed by atoms with Crippen molar-refractivity contribution in [3.05, 3.63) is 23.8 Å². The zero-order chi connectivity index (χ0) is 38.8. The van der Waals surface area contributed by atoms with Crippen molar-refractivity contribution in [2.75, 3.05) is 138 Å². The van der Waals surface area contributed by atoms with Crippen LogP contribution in [0.15, 0.2) is 18.2 Å². The van der Waals surface area contributed by atoms with E-state index < -0.39 is 29.9 Å². The van der Waals surface area contributed by atoms with Crippen molar-refractivity contribution < 1.29 is 68.0 Å². The number of hydrogen-bond acceptors (Lipinski definition) is 14. The molecule has 0 bridgehead atoms. The van der Waals surface area contributed by atoms with Crippen LogP contribution < -0.4 is 9.47 Å². The Morgan fingerprint density at radius 1 is 0.547 bits per heavy atom. The minimum absolute atomic E-state index is 0.0306. The van der Waals surface area contributed by atoms with Gasteiger partial charge in [0, 0.05) is 71.6 Å². The van der Waals surface area contributed by atoms with Crippen molar-refractivity contribution in [3.63, 3.8) is 0 Å². The maximum absolute atomic E-state index is 12.9. The molecular weight excluding hydrogens is 700 g/mol. The van der Waals surface area contributed by atoms with Crippen molar-refractivity contribution in [2.24, 2.45) is 0 Å². The lowest BCUT2D eigenvalue weighted by Gasteiger charge is -2.35. The summed E-state index contributed by atoms with van der Waals surface area (Å²) in [5.41, 5.74) is 0.611. The van der Waals surface area contributed by atoms with Gasteiger partial charge in [0.1, 0.15) is 30.8 Å². The molecule has 1 aromatic carbocycles. The molecule has 0 amide bonds. The molecule has 53 heavy (non-hydrogen) atoms. The largest absolute Gasteiger partial charge is 0.491 e. The number of carboxylic acids is 4. The van der Waals surface area contributed by atoms with Gasteiger partial charge in [0.05, 0.1) is 59.3 Å². The average molecular weight is 759 g/mol. The first kappa shape index (κ1) is 45.5. The van der Waals surface area contributed by atoms with Gasteiger partial charge < -0.3 is 48.8 Å². The van der Waals surface area contributed by atoms with Gasteiger partial charge in [-0.05, 0) is 38.0 Å². The van der Waals surface area contributed by atoms with E-state index in [-0.39, 0.29) is 91.6 Å². The molecule has 1 fully saturated rings. The van der Waals surface area contributed by atoms with Crippen LogP contribution in [0.25, 0.3) is 0 Å². The van der Waals surface area contributed by atoms with Crippen LogP contribution >= 0.6 is 0 Å². The van der Waals surface area contributed by atoms with Crippen LogP contribution in [0.4, 0.5) is 0 Å². The van der Waals surface area contributed by atoms with Crippen molar-refractivity contribution in [2.45, 2.75) is 26.3 Å². The highest BCUT2D eigenvalue weighted by atomic mass is 16.6. The Bertz CT molecular complexity index is 1160. The number of aliphatic carboxylic acids is 4. The second kappa shape index (κ2) is 27.0. The monoisotopic (exact) mass is 758 g/mol. The Morgan fingerprint density at radius 3 is 1.26 bits per heavy atom. The summed E-state index contributed by atoms with van der Waals surface area (Å²) in [7, 11) is 0. The summed E-state index contributed by atoms with van der Waals surface area (Å²) >= 11 is 0. The minimum atomic E-state index is -1.11. The summed E-state index contributed by atoms with van der Waals surface area (Å²) in [6.45, 7) is 8.47. The van der Waals surface area contributed by atoms with E-state index >= 15 is 0 Å². The number of nitrogens with zero attached hydrogens (tertiary/aromatic N) is 4. The third-order valence-electron chi connectivity index (χ3n) is 8.19. The SMILES string of the molecule is CCOCCOCCOc1cc(CC(C(=O)O)N2CCN(CC(=O)O)CCN(CC(=O)O)CCN(CC(=O)O)CC2)cc(OCCOCCOCC)c1. The summed E-state index contributed by atoms with van der Waals surface area (Å²) in [6.07, 6.45) is 0.0306. The quantitative estimate of drug-likeness (QED) is 0.0916. The molecule has 0 radical (unpaired) electrons. The maximum atomic E-state index is 12.9. The van der Waals surface area contributed by atoms with Crippen LogP contribution in [0.5, 0.6) is 11.5 Å². The molecule has 1 aliphatic heterocycles. The number of benzene rings is 1. The first-order valence-corrected chi connectivity index (χ1v) is 18.0. The molecule has 4 N–H and O–H groups in total. The minimum Gasteiger partial charge on any atom is -0.491 e. The van der Waals surface area contributed by atoms with Gasteiger partial charge in [-0.2, -0.15) is 0 Å². The molecule has 1 atom stereocenters. The van der Waals surface area contributed by atoms with E-state index in [2.05, 4.69) is 0 Å². The van der Waals surface area contributed by atoms with Crippen LogP contribution in [0.1, 0.15) is 19.4 Å². The predicted molar refractivity (Wildman–Crippen MR) is 191 cm³/mol. The van der Waals surface area contributed by atoms with Gasteiger partial charge >= 0.3 is 23.9 Å². The normalized spacial score (nSPS) is 16.3. The Morgan fingerprint density at radius 2 is 0.906 bits per heavy atom. The Kier molecular flexibility index (Phi) is 23.2. The molecule has 0 saturated carbocycles. The fourth-order valence-electron chi connectivity index (χ4n) is 5.59. The van der Waals surface area contributed by atoms with Crippen LogP contribution in [0.2, 0.25) is 0 Å². The molecule has 302 valence electrons. The van der Waals surface area contributed by atoms with Crippen molar-refractivity contribution >= 4 is 23.9 Å². The number of hydrogen-bond donors (Lipinski definition) is 4. The molecule has 2 rings (SSSR count). The summed E-state index contributed by atoms with van der Waals surface area (Å²) in [5.74, 6) is -3.40. The molecule has 18 heteroatoms. The van der Waals surface area contributed by atoms with E-state index in [1.807, 2.05) is 13.8 Å². The van der Waals surface area contributed by atoms with Crippen molar-refractivity contribution in [1.82, 2.24) is 19.6 Å². The lowest BCUT2D eigenvalue weighted by molar-refractivity contribution is -0.144. The molecule has 1 unspecified atom stereocenters. The van der Waals surface area contributed by atoms with Crippen molar-refractivity contribution in [3.8, 4) is 11.5 Å². The van der Waals surface area contributed by atoms with E-state index in [0.717, 1.165) is 0 Å². The van der Waals surface area contributed by atoms with Gasteiger partial charge in [0.2, 0.25) is 0 Å². The molecule has 0 aliphatic carbocycles. The average Bonchev–Trinajstić information content (AvgIpc) is 3.09. The smallest absolute Gasteiger partial charge is 0.321 e. The van der Waals surface area contributed by atoms with E-state index in [0.29, 0.717) is 69.9 Å². The highest BCUT2D eigenvalue weighted by Gasteiger charge is 2.29. The van der Waals surface area contributed by atoms with Gasteiger partial charge in [0.15, 0.2) is 0 Å². The number of carbonyl (C=O) groups is 4. The molecule has 1 heterocycles. The first-order chi connectivity index (χ1) is 25.5. The predicted octanol–water partition coefficient (Wildman–Crippen LogP) is 0.0215. The van der Waals surface area contributed by atoms with Crippen LogP contribution in [-0.2, 0) is 44.5 Å². The van der Waals surface area contributed by atoms with Gasteiger partial charge in [-0.15, -0.1) is 0 Å². The first-order valence-electron chi connectivity index (χ1n) is 18.0. The highest BCUT2D eigenvalue weighted by Crippen LogP contribution is 2.25. The molecule has 1 aromatic rings. The second-order valence-electron chi connectivity index (χ2n) is 12.2. The Balaban J connectivity index is 2.31. The number of ether oxygens (including phenoxy) is 6. The fourth-order valence-corrected chi connectivity index (χ4v) is 5.59. The maximum Gasteiger partial charge on any atom is 0.321 e. The molecule has 1 aliphatic rings. The zero-order valence-electron chi connectivity index (χ0n) is 31.0. The third-order valence-corrected chi connectivity index (χ3v) is 8.19. The van der Waals surface area contributed by atoms with E-state index in [1.165, 1.54) is 0 Å². The van der Waals surface area contributed by atoms with E-state index in [9.17, 15) is 39.6 Å². The zero-order valence-corrected chi connectivity index (χ0v) is 31.0. The standard InChI is InChI=1S/C35H58N4O14/c1-3-48-13-15-50-17-19-52-29-21-28(22-30(24-29)53-20-18-51-16-14-49-4-2)23-31(35(46)47)39-11-9-37(26-33(42)43)7-5-36(25-32(40)41)6-8-38(10-12-39)27-34(44)45/h21-22,24,31H,3-20,23,25-27H2,1-2H3,(H,40,41)(H,42,43)(H,44,45)(H,46,47). The highest BCUT2D eigenvalue weighted by molar-refractivity contribution is 5.74. The Hall–Kier alpha value is -3.62. The molecular formula is C35H58N4O14. The molecule has 0 spiro atoms. The van der Waals surface area contributed by atoms with Gasteiger partial charge in [-0.1, -0.05) is 0 Å². The lowest BCUT2D eigenvalue weighted by atomic mass is 10.0. The number of carboxylic acid groups (broad SMARTS) is 4. The third kappa shape index (κ3) is 21.0. The number of rotatable bonds is 26. The van der Waals surface area contributed by atoms with Crippen LogP contribution in [0, 0.1) is 0 Å². The second-order valence-corrected chi connectivity index (χ2v) is 12.2. The summed E-state index contributed by atoms with van der Waals surface area (Å²) < 4.78 is 33.6. The Labute approximate surface area is 311 Å². The van der Waals surface area contributed by atoms with Gasteiger partial charge in [-0.25, -0.2) is 0 Å². The summed E-state index contributed by atoms with van der Waals surface area (Å²) in [5, 5.41) is 39.1. The van der Waals surface area contributed by atoms with E-state index in [1.54, 1.807) is 37.8 Å². The van der Waals surface area contributed by atoms with Crippen LogP contribution in [-0.4, -0.2) is 208 Å². The van der Waals surface area contributed by atoms with Crippen LogP contribution in [0.3, 0.4) is 0 Å². The summed E-state index contributed by atoms with van der Waals surface area (Å²) in [6, 6.07) is 4.11. The van der Waals surface area contributed by atoms with Crippen molar-refractivity contribution in [1.29, 1.82) is 0 Å². The molecule has 0 aromatic heterocycles.